The van der Waals surface area contributed by atoms with Crippen LogP contribution in [0.4, 0.5) is 0 Å². The van der Waals surface area contributed by atoms with Crippen molar-refractivity contribution in [2.24, 2.45) is 5.92 Å². The number of carbonyl (C=O) groups is 1. The molecule has 1 aliphatic heterocycles. The molecule has 1 saturated heterocycles. The second kappa shape index (κ2) is 9.22. The van der Waals surface area contributed by atoms with Gasteiger partial charge in [0.1, 0.15) is 10.4 Å². The highest BCUT2D eigenvalue weighted by Crippen LogP contribution is 2.24. The normalized spacial score (nSPS) is 16.7. The second-order valence-electron chi connectivity index (χ2n) is 7.65. The molecular weight excluding hydrogens is 418 g/mol. The number of benzene rings is 1. The molecule has 8 heteroatoms. The minimum Gasteiger partial charge on any atom is -0.497 e. The molecule has 1 aliphatic rings. The molecule has 0 aliphatic carbocycles. The number of ether oxygens (including phenoxy) is 1. The van der Waals surface area contributed by atoms with Gasteiger partial charge in [-0.2, -0.15) is 0 Å². The van der Waals surface area contributed by atoms with Crippen molar-refractivity contribution in [3.63, 3.8) is 0 Å². The molecule has 0 saturated carbocycles. The Bertz CT molecular complexity index is 1110. The van der Waals surface area contributed by atoms with Crippen LogP contribution in [-0.2, 0) is 11.3 Å². The van der Waals surface area contributed by atoms with Crippen molar-refractivity contribution in [2.75, 3.05) is 26.0 Å². The van der Waals surface area contributed by atoms with Gasteiger partial charge in [0.25, 0.3) is 5.56 Å². The van der Waals surface area contributed by atoms with E-state index in [9.17, 15) is 9.59 Å². The Morgan fingerprint density at radius 2 is 2.23 bits per heavy atom. The lowest BCUT2D eigenvalue weighted by molar-refractivity contribution is -0.130. The van der Waals surface area contributed by atoms with Gasteiger partial charge in [0.15, 0.2) is 5.16 Å². The number of aromatic nitrogens is 2. The average Bonchev–Trinajstić information content (AvgIpc) is 3.23. The van der Waals surface area contributed by atoms with Gasteiger partial charge in [-0.05, 0) is 47.9 Å². The number of hydrogen-bond donors (Lipinski definition) is 0. The predicted octanol–water partition coefficient (Wildman–Crippen LogP) is 3.87. The zero-order chi connectivity index (χ0) is 21.1. The first-order valence-corrected chi connectivity index (χ1v) is 11.9. The van der Waals surface area contributed by atoms with Crippen LogP contribution in [0.25, 0.3) is 10.2 Å². The predicted molar refractivity (Wildman–Crippen MR) is 122 cm³/mol. The lowest BCUT2D eigenvalue weighted by Crippen LogP contribution is -2.40. The molecule has 0 bridgehead atoms. The van der Waals surface area contributed by atoms with Gasteiger partial charge in [0.2, 0.25) is 5.91 Å². The summed E-state index contributed by atoms with van der Waals surface area (Å²) in [6.45, 7) is 4.20. The first kappa shape index (κ1) is 20.9. The van der Waals surface area contributed by atoms with E-state index in [0.717, 1.165) is 30.8 Å². The minimum atomic E-state index is -0.0700. The number of rotatable bonds is 6. The molecule has 4 rings (SSSR count). The fourth-order valence-corrected chi connectivity index (χ4v) is 5.44. The molecule has 1 amide bonds. The third kappa shape index (κ3) is 4.54. The van der Waals surface area contributed by atoms with Crippen molar-refractivity contribution in [2.45, 2.75) is 31.5 Å². The highest BCUT2D eigenvalue weighted by Gasteiger charge is 2.22. The van der Waals surface area contributed by atoms with Crippen LogP contribution < -0.4 is 10.3 Å². The number of fused-ring (bicyclic) bond motifs is 1. The maximum absolute atomic E-state index is 13.2. The van der Waals surface area contributed by atoms with Crippen molar-refractivity contribution in [1.82, 2.24) is 14.5 Å². The standard InChI is InChI=1S/C22H25N3O3S2/c1-15-5-4-9-24(12-15)19(26)14-30-22-23-18-8-10-29-20(18)21(27)25(22)13-16-6-3-7-17(11-16)28-2/h3,6-8,10-11,15H,4-5,9,12-14H2,1-2H3/t15-/m0/s1. The zero-order valence-electron chi connectivity index (χ0n) is 17.2. The van der Waals surface area contributed by atoms with Crippen LogP contribution >= 0.6 is 23.1 Å². The van der Waals surface area contributed by atoms with Crippen LogP contribution in [0.2, 0.25) is 0 Å². The number of carbonyl (C=O) groups excluding carboxylic acids is 1. The summed E-state index contributed by atoms with van der Waals surface area (Å²) in [5.74, 6) is 1.68. The zero-order valence-corrected chi connectivity index (χ0v) is 18.8. The first-order chi connectivity index (χ1) is 14.5. The molecule has 6 nitrogen and oxygen atoms in total. The summed E-state index contributed by atoms with van der Waals surface area (Å²) < 4.78 is 7.62. The lowest BCUT2D eigenvalue weighted by atomic mass is 10.0. The van der Waals surface area contributed by atoms with Crippen LogP contribution in [0.3, 0.4) is 0 Å². The van der Waals surface area contributed by atoms with Crippen LogP contribution in [-0.4, -0.2) is 46.3 Å². The van der Waals surface area contributed by atoms with Gasteiger partial charge in [-0.15, -0.1) is 11.3 Å². The number of thiophene rings is 1. The molecule has 158 valence electrons. The van der Waals surface area contributed by atoms with Crippen molar-refractivity contribution in [3.8, 4) is 5.75 Å². The quantitative estimate of drug-likeness (QED) is 0.428. The third-order valence-corrected chi connectivity index (χ3v) is 7.19. The Hall–Kier alpha value is -2.32. The number of likely N-dealkylation sites (tertiary alicyclic amines) is 1. The van der Waals surface area contributed by atoms with E-state index < -0.39 is 0 Å². The van der Waals surface area contributed by atoms with Gasteiger partial charge in [0.05, 0.1) is 24.9 Å². The van der Waals surface area contributed by atoms with Crippen molar-refractivity contribution < 1.29 is 9.53 Å². The Balaban J connectivity index is 1.60. The Morgan fingerprint density at radius 3 is 3.03 bits per heavy atom. The fourth-order valence-electron chi connectivity index (χ4n) is 3.76. The summed E-state index contributed by atoms with van der Waals surface area (Å²) in [6.07, 6.45) is 2.23. The Morgan fingerprint density at radius 1 is 1.37 bits per heavy atom. The third-order valence-electron chi connectivity index (χ3n) is 5.34. The van der Waals surface area contributed by atoms with Gasteiger partial charge in [0, 0.05) is 13.1 Å². The minimum absolute atomic E-state index is 0.0700. The molecule has 0 spiro atoms. The Kier molecular flexibility index (Phi) is 6.43. The van der Waals surface area contributed by atoms with E-state index in [1.807, 2.05) is 40.6 Å². The molecule has 3 aromatic rings. The van der Waals surface area contributed by atoms with Crippen molar-refractivity contribution in [1.29, 1.82) is 0 Å². The monoisotopic (exact) mass is 443 g/mol. The number of methoxy groups -OCH3 is 1. The summed E-state index contributed by atoms with van der Waals surface area (Å²) in [5, 5.41) is 2.45. The lowest BCUT2D eigenvalue weighted by Gasteiger charge is -2.30. The molecule has 1 fully saturated rings. The van der Waals surface area contributed by atoms with Gasteiger partial charge in [-0.25, -0.2) is 4.98 Å². The molecule has 1 aromatic carbocycles. The number of amides is 1. The second-order valence-corrected chi connectivity index (χ2v) is 9.51. The largest absolute Gasteiger partial charge is 0.497 e. The summed E-state index contributed by atoms with van der Waals surface area (Å²) in [4.78, 5) is 32.5. The summed E-state index contributed by atoms with van der Waals surface area (Å²) in [6, 6.07) is 9.52. The molecular formula is C22H25N3O3S2. The van der Waals surface area contributed by atoms with E-state index >= 15 is 0 Å². The smallest absolute Gasteiger partial charge is 0.272 e. The van der Waals surface area contributed by atoms with Gasteiger partial charge >= 0.3 is 0 Å². The summed E-state index contributed by atoms with van der Waals surface area (Å²) in [7, 11) is 1.62. The number of nitrogens with zero attached hydrogens (tertiary/aromatic N) is 3. The topological polar surface area (TPSA) is 64.4 Å². The van der Waals surface area contributed by atoms with E-state index in [1.54, 1.807) is 11.7 Å². The van der Waals surface area contributed by atoms with E-state index in [-0.39, 0.29) is 17.2 Å². The van der Waals surface area contributed by atoms with Crippen LogP contribution in [0.15, 0.2) is 45.7 Å². The first-order valence-electron chi connectivity index (χ1n) is 10.1. The highest BCUT2D eigenvalue weighted by atomic mass is 32.2. The maximum Gasteiger partial charge on any atom is 0.272 e. The fraction of sp³-hybridized carbons (Fsp3) is 0.409. The molecule has 0 unspecified atom stereocenters. The van der Waals surface area contributed by atoms with Gasteiger partial charge in [-0.1, -0.05) is 30.8 Å². The van der Waals surface area contributed by atoms with Crippen LogP contribution in [0.1, 0.15) is 25.3 Å². The SMILES string of the molecule is COc1cccc(Cn2c(SCC(=O)N3CCC[C@H](C)C3)nc3ccsc3c2=O)c1. The number of piperidine rings is 1. The van der Waals surface area contributed by atoms with Crippen molar-refractivity contribution in [3.05, 3.63) is 51.6 Å². The maximum atomic E-state index is 13.2. The number of hydrogen-bond acceptors (Lipinski definition) is 6. The van der Waals surface area contributed by atoms with Gasteiger partial charge < -0.3 is 9.64 Å². The van der Waals surface area contributed by atoms with Crippen molar-refractivity contribution >= 4 is 39.2 Å². The van der Waals surface area contributed by atoms with Crippen LogP contribution in [0, 0.1) is 5.92 Å². The summed E-state index contributed by atoms with van der Waals surface area (Å²) in [5.41, 5.74) is 1.57. The number of thioether (sulfide) groups is 1. The van der Waals surface area contributed by atoms with E-state index in [4.69, 9.17) is 9.72 Å². The summed E-state index contributed by atoms with van der Waals surface area (Å²) >= 11 is 2.74. The molecule has 0 radical (unpaired) electrons. The Labute approximate surface area is 183 Å². The molecule has 0 N–H and O–H groups in total. The molecule has 2 aromatic heterocycles. The van der Waals surface area contributed by atoms with E-state index in [2.05, 4.69) is 6.92 Å². The van der Waals surface area contributed by atoms with E-state index in [0.29, 0.717) is 27.8 Å². The average molecular weight is 444 g/mol. The van der Waals surface area contributed by atoms with Gasteiger partial charge in [-0.3, -0.25) is 14.2 Å². The molecule has 30 heavy (non-hydrogen) atoms. The van der Waals surface area contributed by atoms with E-state index in [1.165, 1.54) is 29.5 Å². The highest BCUT2D eigenvalue weighted by molar-refractivity contribution is 7.99. The molecule has 1 atom stereocenters. The van der Waals surface area contributed by atoms with Crippen LogP contribution in [0.5, 0.6) is 5.75 Å². The molecule has 3 heterocycles.